The Hall–Kier alpha value is -0.680. The molecule has 0 bridgehead atoms. The highest BCUT2D eigenvalue weighted by Crippen LogP contribution is 2.20. The molecule has 0 saturated heterocycles. The molecule has 0 saturated carbocycles. The number of Topliss-reactive ketones (excluding diaryl/α,β-unsaturated/α-hetero) is 1. The molecule has 0 fully saturated rings. The lowest BCUT2D eigenvalue weighted by molar-refractivity contribution is -0.148. The summed E-state index contributed by atoms with van der Waals surface area (Å²) in [6, 6.07) is 5.24. The van der Waals surface area contributed by atoms with Gasteiger partial charge in [-0.3, -0.25) is 4.79 Å². The fraction of sp³-hybridized carbons (Fsp3) is 0.111. The molecule has 3 nitrogen and oxygen atoms in total. The van der Waals surface area contributed by atoms with E-state index >= 15 is 0 Å². The molecule has 74 valence electrons. The lowest BCUT2D eigenvalue weighted by Crippen LogP contribution is -2.14. The van der Waals surface area contributed by atoms with E-state index in [4.69, 9.17) is 5.11 Å². The summed E-state index contributed by atoms with van der Waals surface area (Å²) in [7, 11) is 0. The van der Waals surface area contributed by atoms with Crippen LogP contribution in [0.2, 0.25) is 0 Å². The van der Waals surface area contributed by atoms with Gasteiger partial charge in [-0.05, 0) is 23.8 Å². The van der Waals surface area contributed by atoms with E-state index in [1.807, 2.05) is 6.07 Å². The number of hydrogen-bond acceptors (Lipinski definition) is 2. The molecule has 0 aliphatic rings. The van der Waals surface area contributed by atoms with E-state index in [1.54, 1.807) is 12.1 Å². The fourth-order valence-electron chi connectivity index (χ4n) is 0.974. The van der Waals surface area contributed by atoms with Gasteiger partial charge in [-0.2, -0.15) is 0 Å². The quantitative estimate of drug-likeness (QED) is 0.870. The maximum atomic E-state index is 10.9. The number of halogens is 2. The van der Waals surface area contributed by atoms with Crippen molar-refractivity contribution in [1.29, 1.82) is 0 Å². The summed E-state index contributed by atoms with van der Waals surface area (Å²) in [6.07, 6.45) is -0.0899. The molecular formula is C9H6Br2O3. The van der Waals surface area contributed by atoms with Crippen LogP contribution in [0, 0.1) is 0 Å². The zero-order valence-corrected chi connectivity index (χ0v) is 10.1. The highest BCUT2D eigenvalue weighted by molar-refractivity contribution is 9.11. The van der Waals surface area contributed by atoms with Gasteiger partial charge in [0, 0.05) is 15.4 Å². The number of carboxylic acid groups (broad SMARTS) is 1. The van der Waals surface area contributed by atoms with Crippen LogP contribution >= 0.6 is 31.9 Å². The van der Waals surface area contributed by atoms with E-state index in [0.29, 0.717) is 5.56 Å². The minimum Gasteiger partial charge on any atom is -0.475 e. The van der Waals surface area contributed by atoms with E-state index in [2.05, 4.69) is 31.9 Å². The largest absolute Gasteiger partial charge is 0.475 e. The van der Waals surface area contributed by atoms with Crippen molar-refractivity contribution in [3.63, 3.8) is 0 Å². The second kappa shape index (κ2) is 4.70. The van der Waals surface area contributed by atoms with Crippen LogP contribution in [0.25, 0.3) is 0 Å². The third-order valence-electron chi connectivity index (χ3n) is 1.53. The van der Waals surface area contributed by atoms with E-state index in [1.165, 1.54) is 0 Å². The van der Waals surface area contributed by atoms with Gasteiger partial charge < -0.3 is 5.11 Å². The molecule has 0 aliphatic heterocycles. The topological polar surface area (TPSA) is 54.4 Å². The van der Waals surface area contributed by atoms with E-state index in [0.717, 1.165) is 8.95 Å². The van der Waals surface area contributed by atoms with Crippen LogP contribution in [0.4, 0.5) is 0 Å². The van der Waals surface area contributed by atoms with Crippen molar-refractivity contribution >= 4 is 43.6 Å². The maximum Gasteiger partial charge on any atom is 0.372 e. The van der Waals surface area contributed by atoms with Crippen molar-refractivity contribution in [2.75, 3.05) is 0 Å². The van der Waals surface area contributed by atoms with Gasteiger partial charge in [-0.25, -0.2) is 4.79 Å². The minimum atomic E-state index is -1.40. The normalized spacial score (nSPS) is 9.86. The molecule has 1 aromatic carbocycles. The number of rotatable bonds is 3. The second-order valence-corrected chi connectivity index (χ2v) is 4.51. The standard InChI is InChI=1S/C9H6Br2O3/c10-6-1-5(2-7(11)4-6)3-8(12)9(13)14/h1-2,4H,3H2,(H,13,14). The highest BCUT2D eigenvalue weighted by Gasteiger charge is 2.12. The van der Waals surface area contributed by atoms with Gasteiger partial charge >= 0.3 is 5.97 Å². The van der Waals surface area contributed by atoms with Crippen molar-refractivity contribution in [3.8, 4) is 0 Å². The van der Waals surface area contributed by atoms with E-state index in [-0.39, 0.29) is 6.42 Å². The van der Waals surface area contributed by atoms with Crippen LogP contribution in [0.1, 0.15) is 5.56 Å². The summed E-state index contributed by atoms with van der Waals surface area (Å²) in [6.45, 7) is 0. The number of carbonyl (C=O) groups is 2. The molecule has 1 aromatic rings. The van der Waals surface area contributed by atoms with Crippen LogP contribution in [-0.4, -0.2) is 16.9 Å². The molecule has 1 rings (SSSR count). The monoisotopic (exact) mass is 320 g/mol. The molecule has 14 heavy (non-hydrogen) atoms. The second-order valence-electron chi connectivity index (χ2n) is 2.68. The van der Waals surface area contributed by atoms with E-state index in [9.17, 15) is 9.59 Å². The summed E-state index contributed by atoms with van der Waals surface area (Å²) in [5.41, 5.74) is 0.665. The lowest BCUT2D eigenvalue weighted by atomic mass is 10.1. The molecule has 0 amide bonds. The number of carbonyl (C=O) groups excluding carboxylic acids is 1. The summed E-state index contributed by atoms with van der Waals surface area (Å²) in [5, 5.41) is 8.41. The van der Waals surface area contributed by atoms with Crippen molar-refractivity contribution in [2.24, 2.45) is 0 Å². The first-order valence-electron chi connectivity index (χ1n) is 3.70. The third kappa shape index (κ3) is 3.23. The number of hydrogen-bond donors (Lipinski definition) is 1. The third-order valence-corrected chi connectivity index (χ3v) is 2.44. The zero-order valence-electron chi connectivity index (χ0n) is 6.96. The molecule has 0 unspecified atom stereocenters. The average Bonchev–Trinajstić information content (AvgIpc) is 2.01. The lowest BCUT2D eigenvalue weighted by Gasteiger charge is -2.00. The number of carboxylic acids is 1. The Kier molecular flexibility index (Phi) is 3.83. The summed E-state index contributed by atoms with van der Waals surface area (Å²) in [5.74, 6) is -2.21. The van der Waals surface area contributed by atoms with Gasteiger partial charge in [0.25, 0.3) is 0 Å². The molecule has 0 aliphatic carbocycles. The van der Waals surface area contributed by atoms with Crippen molar-refractivity contribution < 1.29 is 14.7 Å². The Bertz CT molecular complexity index is 367. The van der Waals surface area contributed by atoms with Crippen LogP contribution in [0.15, 0.2) is 27.1 Å². The van der Waals surface area contributed by atoms with Gasteiger partial charge in [0.15, 0.2) is 0 Å². The number of benzene rings is 1. The Morgan fingerprint density at radius 3 is 2.07 bits per heavy atom. The Morgan fingerprint density at radius 2 is 1.64 bits per heavy atom. The van der Waals surface area contributed by atoms with Crippen molar-refractivity contribution in [1.82, 2.24) is 0 Å². The van der Waals surface area contributed by atoms with Crippen LogP contribution in [0.5, 0.6) is 0 Å². The Balaban J connectivity index is 2.87. The SMILES string of the molecule is O=C(O)C(=O)Cc1cc(Br)cc(Br)c1. The molecule has 1 N–H and O–H groups in total. The van der Waals surface area contributed by atoms with Gasteiger partial charge in [-0.1, -0.05) is 31.9 Å². The van der Waals surface area contributed by atoms with Gasteiger partial charge in [0.2, 0.25) is 5.78 Å². The summed E-state index contributed by atoms with van der Waals surface area (Å²) >= 11 is 6.50. The first-order chi connectivity index (χ1) is 6.49. The Labute approximate surface area is 97.4 Å². The smallest absolute Gasteiger partial charge is 0.372 e. The molecular weight excluding hydrogens is 316 g/mol. The number of ketones is 1. The van der Waals surface area contributed by atoms with Crippen LogP contribution < -0.4 is 0 Å². The number of aliphatic carboxylic acids is 1. The van der Waals surface area contributed by atoms with Crippen LogP contribution in [0.3, 0.4) is 0 Å². The maximum absolute atomic E-state index is 10.9. The van der Waals surface area contributed by atoms with Crippen LogP contribution in [-0.2, 0) is 16.0 Å². The minimum absolute atomic E-state index is 0.0899. The van der Waals surface area contributed by atoms with E-state index < -0.39 is 11.8 Å². The average molecular weight is 322 g/mol. The van der Waals surface area contributed by atoms with Gasteiger partial charge in [-0.15, -0.1) is 0 Å². The molecule has 5 heteroatoms. The predicted octanol–water partition coefficient (Wildman–Crippen LogP) is 2.41. The summed E-state index contributed by atoms with van der Waals surface area (Å²) in [4.78, 5) is 21.2. The first-order valence-corrected chi connectivity index (χ1v) is 5.28. The fourth-order valence-corrected chi connectivity index (χ4v) is 2.36. The van der Waals surface area contributed by atoms with Crippen molar-refractivity contribution in [3.05, 3.63) is 32.7 Å². The molecule has 0 spiro atoms. The highest BCUT2D eigenvalue weighted by atomic mass is 79.9. The zero-order chi connectivity index (χ0) is 10.7. The predicted molar refractivity (Wildman–Crippen MR) is 58.2 cm³/mol. The Morgan fingerprint density at radius 1 is 1.14 bits per heavy atom. The summed E-state index contributed by atoms with van der Waals surface area (Å²) < 4.78 is 1.61. The van der Waals surface area contributed by atoms with Gasteiger partial charge in [0.1, 0.15) is 0 Å². The first kappa shape index (κ1) is 11.4. The molecule has 0 heterocycles. The molecule has 0 atom stereocenters. The molecule has 0 aromatic heterocycles. The van der Waals surface area contributed by atoms with Crippen molar-refractivity contribution in [2.45, 2.75) is 6.42 Å². The van der Waals surface area contributed by atoms with Gasteiger partial charge in [0.05, 0.1) is 0 Å². The molecule has 0 radical (unpaired) electrons.